The van der Waals surface area contributed by atoms with E-state index in [9.17, 15) is 0 Å². The molecular weight excluding hydrogens is 272 g/mol. The van der Waals surface area contributed by atoms with Crippen LogP contribution in [-0.2, 0) is 6.54 Å². The summed E-state index contributed by atoms with van der Waals surface area (Å²) in [6, 6.07) is 4.04. The van der Waals surface area contributed by atoms with Crippen molar-refractivity contribution in [2.45, 2.75) is 20.4 Å². The van der Waals surface area contributed by atoms with Gasteiger partial charge in [0.2, 0.25) is 0 Å². The van der Waals surface area contributed by atoms with Crippen LogP contribution in [0.25, 0.3) is 0 Å². The number of methoxy groups -OCH3 is 2. The fraction of sp³-hybridized carbons (Fsp3) is 0.400. The molecule has 0 atom stereocenters. The van der Waals surface area contributed by atoms with Gasteiger partial charge in [-0.1, -0.05) is 0 Å². The molecule has 0 unspecified atom stereocenters. The molecule has 108 valence electrons. The number of benzene rings is 1. The van der Waals surface area contributed by atoms with Crippen LogP contribution in [-0.4, -0.2) is 26.3 Å². The highest BCUT2D eigenvalue weighted by Crippen LogP contribution is 2.31. The molecule has 0 radical (unpaired) electrons. The fourth-order valence-corrected chi connectivity index (χ4v) is 2.75. The van der Waals surface area contributed by atoms with Gasteiger partial charge in [0.05, 0.1) is 14.2 Å². The third kappa shape index (κ3) is 3.04. The average Bonchev–Trinajstić information content (AvgIpc) is 2.87. The maximum Gasteiger partial charge on any atom is 0.185 e. The summed E-state index contributed by atoms with van der Waals surface area (Å²) < 4.78 is 10.7. The van der Waals surface area contributed by atoms with Crippen LogP contribution < -0.4 is 14.4 Å². The number of rotatable bonds is 5. The molecule has 0 N–H and O–H groups in total. The Bertz CT molecular complexity index is 596. The van der Waals surface area contributed by atoms with E-state index in [0.29, 0.717) is 0 Å². The molecule has 2 aromatic rings. The summed E-state index contributed by atoms with van der Waals surface area (Å²) in [5.41, 5.74) is 2.39. The van der Waals surface area contributed by atoms with Crippen molar-refractivity contribution in [2.75, 3.05) is 26.2 Å². The summed E-state index contributed by atoms with van der Waals surface area (Å²) in [6.45, 7) is 4.94. The molecular formula is C15H20N2O2S. The molecule has 5 heteroatoms. The number of ether oxygens (including phenoxy) is 2. The Balaban J connectivity index is 2.24. The molecule has 2 rings (SSSR count). The minimum absolute atomic E-state index is 0.761. The van der Waals surface area contributed by atoms with Crippen molar-refractivity contribution in [3.63, 3.8) is 0 Å². The van der Waals surface area contributed by atoms with E-state index in [2.05, 4.69) is 30.8 Å². The van der Waals surface area contributed by atoms with Gasteiger partial charge in [0.25, 0.3) is 0 Å². The number of nitrogens with zero attached hydrogens (tertiary/aromatic N) is 2. The predicted octanol–water partition coefficient (Wildman–Crippen LogP) is 3.41. The standard InChI is InChI=1S/C15H20N2O2S/c1-10-6-13(18-4)14(19-5)7-12(10)9-17(3)15-16-8-11(2)20-15/h6-8H,9H2,1-5H3. The zero-order valence-corrected chi connectivity index (χ0v) is 13.4. The van der Waals surface area contributed by atoms with E-state index >= 15 is 0 Å². The lowest BCUT2D eigenvalue weighted by atomic mass is 10.1. The lowest BCUT2D eigenvalue weighted by Gasteiger charge is -2.19. The van der Waals surface area contributed by atoms with Gasteiger partial charge < -0.3 is 14.4 Å². The number of thiazole rings is 1. The first kappa shape index (κ1) is 14.7. The van der Waals surface area contributed by atoms with Crippen LogP contribution in [0.5, 0.6) is 11.5 Å². The first-order chi connectivity index (χ1) is 9.55. The van der Waals surface area contributed by atoms with Gasteiger partial charge in [-0.15, -0.1) is 11.3 Å². The van der Waals surface area contributed by atoms with Crippen LogP contribution in [0.15, 0.2) is 18.3 Å². The van der Waals surface area contributed by atoms with Gasteiger partial charge in [-0.2, -0.15) is 0 Å². The Morgan fingerprint density at radius 1 is 1.15 bits per heavy atom. The van der Waals surface area contributed by atoms with Crippen molar-refractivity contribution < 1.29 is 9.47 Å². The molecule has 20 heavy (non-hydrogen) atoms. The normalized spacial score (nSPS) is 10.4. The molecule has 0 amide bonds. The van der Waals surface area contributed by atoms with Crippen molar-refractivity contribution in [2.24, 2.45) is 0 Å². The molecule has 0 saturated carbocycles. The van der Waals surface area contributed by atoms with Crippen LogP contribution >= 0.6 is 11.3 Å². The molecule has 4 nitrogen and oxygen atoms in total. The molecule has 1 aromatic heterocycles. The average molecular weight is 292 g/mol. The second-order valence-corrected chi connectivity index (χ2v) is 5.96. The van der Waals surface area contributed by atoms with Crippen molar-refractivity contribution in [3.8, 4) is 11.5 Å². The highest BCUT2D eigenvalue weighted by Gasteiger charge is 2.12. The topological polar surface area (TPSA) is 34.6 Å². The zero-order valence-electron chi connectivity index (χ0n) is 12.6. The number of aromatic nitrogens is 1. The highest BCUT2D eigenvalue weighted by molar-refractivity contribution is 7.15. The predicted molar refractivity (Wildman–Crippen MR) is 83.2 cm³/mol. The first-order valence-corrected chi connectivity index (χ1v) is 7.22. The Morgan fingerprint density at radius 2 is 1.80 bits per heavy atom. The van der Waals surface area contributed by atoms with Gasteiger partial charge >= 0.3 is 0 Å². The molecule has 0 aliphatic rings. The van der Waals surface area contributed by atoms with E-state index in [1.807, 2.05) is 18.3 Å². The van der Waals surface area contributed by atoms with Crippen LogP contribution in [0.1, 0.15) is 16.0 Å². The van der Waals surface area contributed by atoms with E-state index < -0.39 is 0 Å². The summed E-state index contributed by atoms with van der Waals surface area (Å²) in [6.07, 6.45) is 1.90. The maximum atomic E-state index is 5.37. The van der Waals surface area contributed by atoms with Crippen LogP contribution in [0.4, 0.5) is 5.13 Å². The van der Waals surface area contributed by atoms with E-state index in [0.717, 1.165) is 23.2 Å². The fourth-order valence-electron chi connectivity index (χ4n) is 2.04. The molecule has 1 heterocycles. The maximum absolute atomic E-state index is 5.37. The third-order valence-electron chi connectivity index (χ3n) is 3.19. The van der Waals surface area contributed by atoms with Crippen LogP contribution in [0, 0.1) is 13.8 Å². The summed E-state index contributed by atoms with van der Waals surface area (Å²) in [5.74, 6) is 1.53. The van der Waals surface area contributed by atoms with Crippen LogP contribution in [0.2, 0.25) is 0 Å². The highest BCUT2D eigenvalue weighted by atomic mass is 32.1. The minimum atomic E-state index is 0.761. The van der Waals surface area contributed by atoms with Crippen molar-refractivity contribution in [1.82, 2.24) is 4.98 Å². The quantitative estimate of drug-likeness (QED) is 0.846. The van der Waals surface area contributed by atoms with E-state index in [4.69, 9.17) is 9.47 Å². The number of aryl methyl sites for hydroxylation is 2. The van der Waals surface area contributed by atoms with Crippen molar-refractivity contribution in [1.29, 1.82) is 0 Å². The molecule has 0 aliphatic carbocycles. The van der Waals surface area contributed by atoms with E-state index in [1.54, 1.807) is 25.6 Å². The van der Waals surface area contributed by atoms with Crippen molar-refractivity contribution in [3.05, 3.63) is 34.3 Å². The number of hydrogen-bond donors (Lipinski definition) is 0. The van der Waals surface area contributed by atoms with E-state index in [1.165, 1.54) is 16.0 Å². The van der Waals surface area contributed by atoms with Gasteiger partial charge in [-0.05, 0) is 37.1 Å². The van der Waals surface area contributed by atoms with Gasteiger partial charge in [0.15, 0.2) is 16.6 Å². The summed E-state index contributed by atoms with van der Waals surface area (Å²) in [5, 5.41) is 1.02. The molecule has 0 bridgehead atoms. The molecule has 0 aliphatic heterocycles. The molecule has 0 fully saturated rings. The number of anilines is 1. The van der Waals surface area contributed by atoms with Gasteiger partial charge in [0, 0.05) is 24.7 Å². The largest absolute Gasteiger partial charge is 0.493 e. The summed E-state index contributed by atoms with van der Waals surface area (Å²) in [4.78, 5) is 7.77. The number of hydrogen-bond acceptors (Lipinski definition) is 5. The third-order valence-corrected chi connectivity index (χ3v) is 4.21. The Kier molecular flexibility index (Phi) is 4.49. The lowest BCUT2D eigenvalue weighted by Crippen LogP contribution is -2.16. The molecule has 0 saturated heterocycles. The Morgan fingerprint density at radius 3 is 2.35 bits per heavy atom. The smallest absolute Gasteiger partial charge is 0.185 e. The van der Waals surface area contributed by atoms with Gasteiger partial charge in [-0.25, -0.2) is 4.98 Å². The Labute approximate surface area is 124 Å². The summed E-state index contributed by atoms with van der Waals surface area (Å²) >= 11 is 1.70. The zero-order chi connectivity index (χ0) is 14.7. The molecule has 1 aromatic carbocycles. The Hall–Kier alpha value is -1.75. The second kappa shape index (κ2) is 6.13. The second-order valence-electron chi connectivity index (χ2n) is 4.74. The van der Waals surface area contributed by atoms with Crippen LogP contribution in [0.3, 0.4) is 0 Å². The summed E-state index contributed by atoms with van der Waals surface area (Å²) in [7, 11) is 5.36. The SMILES string of the molecule is COc1cc(C)c(CN(C)c2ncc(C)s2)cc1OC. The van der Waals surface area contributed by atoms with Crippen molar-refractivity contribution >= 4 is 16.5 Å². The van der Waals surface area contributed by atoms with Gasteiger partial charge in [-0.3, -0.25) is 0 Å². The minimum Gasteiger partial charge on any atom is -0.493 e. The van der Waals surface area contributed by atoms with Gasteiger partial charge in [0.1, 0.15) is 0 Å². The molecule has 0 spiro atoms. The first-order valence-electron chi connectivity index (χ1n) is 6.40. The monoisotopic (exact) mass is 292 g/mol. The van der Waals surface area contributed by atoms with E-state index in [-0.39, 0.29) is 0 Å². The lowest BCUT2D eigenvalue weighted by molar-refractivity contribution is 0.354.